The summed E-state index contributed by atoms with van der Waals surface area (Å²) in [4.78, 5) is 2.39. The normalized spacial score (nSPS) is 11.9. The van der Waals surface area contributed by atoms with Crippen LogP contribution in [-0.4, -0.2) is 4.57 Å². The molecule has 0 radical (unpaired) electrons. The molecule has 57 heavy (non-hydrogen) atoms. The molecule has 0 amide bonds. The SMILES string of the molecule is c1cc(-c2ccc(N(c3ccc4c(ccc5ccccc54)c3)c3cccc4oc5c6ccccc6ccc5c34)cc2)cc(-n2c3ccccc3c3ccccc32)c1. The summed E-state index contributed by atoms with van der Waals surface area (Å²) in [5.74, 6) is 0. The van der Waals surface area contributed by atoms with Gasteiger partial charge in [-0.15, -0.1) is 0 Å². The molecular formula is C54H34N2O. The van der Waals surface area contributed by atoms with Gasteiger partial charge in [-0.05, 0) is 105 Å². The molecule has 0 aliphatic heterocycles. The van der Waals surface area contributed by atoms with Gasteiger partial charge in [0.05, 0.1) is 22.1 Å². The molecule has 0 fully saturated rings. The highest BCUT2D eigenvalue weighted by Crippen LogP contribution is 2.45. The first-order valence-corrected chi connectivity index (χ1v) is 19.5. The number of para-hydroxylation sites is 2. The third-order valence-corrected chi connectivity index (χ3v) is 11.7. The zero-order chi connectivity index (χ0) is 37.5. The van der Waals surface area contributed by atoms with Crippen LogP contribution in [-0.2, 0) is 0 Å². The van der Waals surface area contributed by atoms with Crippen molar-refractivity contribution < 1.29 is 4.42 Å². The van der Waals surface area contributed by atoms with Gasteiger partial charge >= 0.3 is 0 Å². The third kappa shape index (κ3) is 4.92. The number of hydrogen-bond donors (Lipinski definition) is 0. The van der Waals surface area contributed by atoms with Crippen molar-refractivity contribution in [2.24, 2.45) is 0 Å². The lowest BCUT2D eigenvalue weighted by atomic mass is 10.00. The maximum Gasteiger partial charge on any atom is 0.143 e. The van der Waals surface area contributed by atoms with Crippen molar-refractivity contribution in [1.82, 2.24) is 4.57 Å². The Morgan fingerprint density at radius 3 is 1.75 bits per heavy atom. The molecule has 0 saturated carbocycles. The van der Waals surface area contributed by atoms with Crippen LogP contribution in [0.4, 0.5) is 17.1 Å². The van der Waals surface area contributed by atoms with Gasteiger partial charge in [0.25, 0.3) is 0 Å². The number of benzene rings is 10. The predicted molar refractivity (Wildman–Crippen MR) is 241 cm³/mol. The van der Waals surface area contributed by atoms with Crippen molar-refractivity contribution in [3.8, 4) is 16.8 Å². The predicted octanol–water partition coefficient (Wildman–Crippen LogP) is 15.3. The minimum absolute atomic E-state index is 0.870. The summed E-state index contributed by atoms with van der Waals surface area (Å²) in [6.07, 6.45) is 0. The van der Waals surface area contributed by atoms with Crippen LogP contribution >= 0.6 is 0 Å². The van der Waals surface area contributed by atoms with E-state index in [1.54, 1.807) is 0 Å². The van der Waals surface area contributed by atoms with Crippen molar-refractivity contribution in [3.05, 3.63) is 206 Å². The van der Waals surface area contributed by atoms with E-state index in [1.165, 1.54) is 54.3 Å². The van der Waals surface area contributed by atoms with Crippen molar-refractivity contribution in [1.29, 1.82) is 0 Å². The Labute approximate surface area is 328 Å². The van der Waals surface area contributed by atoms with Crippen molar-refractivity contribution in [2.45, 2.75) is 0 Å². The molecule has 266 valence electrons. The zero-order valence-corrected chi connectivity index (χ0v) is 30.9. The average molecular weight is 727 g/mol. The van der Waals surface area contributed by atoms with Crippen molar-refractivity contribution >= 4 is 93.1 Å². The molecule has 3 nitrogen and oxygen atoms in total. The van der Waals surface area contributed by atoms with Gasteiger partial charge in [-0.1, -0.05) is 140 Å². The summed E-state index contributed by atoms with van der Waals surface area (Å²) in [7, 11) is 0. The highest BCUT2D eigenvalue weighted by atomic mass is 16.3. The van der Waals surface area contributed by atoms with Gasteiger partial charge in [0, 0.05) is 38.6 Å². The highest BCUT2D eigenvalue weighted by Gasteiger charge is 2.21. The highest BCUT2D eigenvalue weighted by molar-refractivity contribution is 6.20. The van der Waals surface area contributed by atoms with E-state index in [-0.39, 0.29) is 0 Å². The molecule has 2 aromatic heterocycles. The minimum Gasteiger partial charge on any atom is -0.455 e. The summed E-state index contributed by atoms with van der Waals surface area (Å²) in [6.45, 7) is 0. The van der Waals surface area contributed by atoms with E-state index in [0.29, 0.717) is 0 Å². The van der Waals surface area contributed by atoms with Crippen molar-refractivity contribution in [3.63, 3.8) is 0 Å². The number of nitrogens with zero attached hydrogens (tertiary/aromatic N) is 2. The maximum atomic E-state index is 6.69. The number of anilines is 3. The number of aromatic nitrogens is 1. The minimum atomic E-state index is 0.870. The number of rotatable bonds is 5. The molecule has 0 atom stereocenters. The van der Waals surface area contributed by atoms with Crippen LogP contribution < -0.4 is 4.90 Å². The summed E-state index contributed by atoms with van der Waals surface area (Å²) in [6, 6.07) is 74.5. The lowest BCUT2D eigenvalue weighted by molar-refractivity contribution is 0.672. The Kier molecular flexibility index (Phi) is 6.93. The number of hydrogen-bond acceptors (Lipinski definition) is 2. The van der Waals surface area contributed by atoms with Crippen LogP contribution in [0, 0.1) is 0 Å². The quantitative estimate of drug-likeness (QED) is 0.165. The van der Waals surface area contributed by atoms with Crippen LogP contribution in [0.15, 0.2) is 211 Å². The van der Waals surface area contributed by atoms with E-state index in [9.17, 15) is 0 Å². The Bertz CT molecular complexity index is 3480. The molecular weight excluding hydrogens is 693 g/mol. The summed E-state index contributed by atoms with van der Waals surface area (Å²) in [5, 5.41) is 12.0. The molecule has 12 rings (SSSR count). The largest absolute Gasteiger partial charge is 0.455 e. The first-order chi connectivity index (χ1) is 28.3. The molecule has 0 spiro atoms. The van der Waals surface area contributed by atoms with Crippen molar-refractivity contribution in [2.75, 3.05) is 4.90 Å². The standard InChI is InChI=1S/C54H34N2O/c1-3-15-43-36(11-1)23-24-39-34-42(30-32-44(39)43)55(51-21-10-22-52-53(51)48-31-27-37-12-2-4-16-45(37)54(48)57-52)40-28-25-35(26-29-40)38-13-9-14-41(33-38)56-49-19-7-5-17-46(49)47-18-6-8-20-50(47)56/h1-34H. The lowest BCUT2D eigenvalue weighted by Gasteiger charge is -2.27. The van der Waals surface area contributed by atoms with E-state index in [4.69, 9.17) is 4.42 Å². The molecule has 10 aromatic carbocycles. The molecule has 3 heteroatoms. The van der Waals surface area contributed by atoms with E-state index >= 15 is 0 Å². The lowest BCUT2D eigenvalue weighted by Crippen LogP contribution is -2.10. The second-order valence-corrected chi connectivity index (χ2v) is 14.9. The molecule has 0 unspecified atom stereocenters. The van der Waals surface area contributed by atoms with Crippen LogP contribution in [0.2, 0.25) is 0 Å². The topological polar surface area (TPSA) is 21.3 Å². The fourth-order valence-electron chi connectivity index (χ4n) is 9.12. The fraction of sp³-hybridized carbons (Fsp3) is 0. The average Bonchev–Trinajstić information content (AvgIpc) is 3.84. The number of furan rings is 1. The second kappa shape index (κ2) is 12.5. The van der Waals surface area contributed by atoms with Gasteiger partial charge in [-0.2, -0.15) is 0 Å². The van der Waals surface area contributed by atoms with Crippen LogP contribution in [0.5, 0.6) is 0 Å². The smallest absolute Gasteiger partial charge is 0.143 e. The molecule has 0 bridgehead atoms. The molecule has 0 saturated heterocycles. The second-order valence-electron chi connectivity index (χ2n) is 14.9. The molecule has 2 heterocycles. The third-order valence-electron chi connectivity index (χ3n) is 11.7. The fourth-order valence-corrected chi connectivity index (χ4v) is 9.12. The van der Waals surface area contributed by atoms with E-state index in [2.05, 4.69) is 216 Å². The molecule has 12 aromatic rings. The van der Waals surface area contributed by atoms with Gasteiger partial charge < -0.3 is 13.9 Å². The number of fused-ring (bicyclic) bond motifs is 11. The van der Waals surface area contributed by atoms with Gasteiger partial charge in [-0.25, -0.2) is 0 Å². The van der Waals surface area contributed by atoms with Gasteiger partial charge in [0.2, 0.25) is 0 Å². The van der Waals surface area contributed by atoms with Crippen LogP contribution in [0.3, 0.4) is 0 Å². The summed E-state index contributed by atoms with van der Waals surface area (Å²) >= 11 is 0. The molecule has 0 aliphatic rings. The Morgan fingerprint density at radius 1 is 0.368 bits per heavy atom. The molecule has 0 aliphatic carbocycles. The van der Waals surface area contributed by atoms with E-state index in [1.807, 2.05) is 0 Å². The van der Waals surface area contributed by atoms with Crippen LogP contribution in [0.25, 0.3) is 92.9 Å². The zero-order valence-electron chi connectivity index (χ0n) is 30.9. The Balaban J connectivity index is 1.03. The molecule has 0 N–H and O–H groups in total. The van der Waals surface area contributed by atoms with Crippen LogP contribution in [0.1, 0.15) is 0 Å². The van der Waals surface area contributed by atoms with Gasteiger partial charge in [-0.3, -0.25) is 0 Å². The Morgan fingerprint density at radius 2 is 0.965 bits per heavy atom. The monoisotopic (exact) mass is 726 g/mol. The summed E-state index contributed by atoms with van der Waals surface area (Å²) < 4.78 is 9.07. The Hall–Kier alpha value is -7.62. The van der Waals surface area contributed by atoms with E-state index in [0.717, 1.165) is 55.6 Å². The maximum absolute atomic E-state index is 6.69. The van der Waals surface area contributed by atoms with Gasteiger partial charge in [0.1, 0.15) is 11.2 Å². The first-order valence-electron chi connectivity index (χ1n) is 19.5. The summed E-state index contributed by atoms with van der Waals surface area (Å²) in [5.41, 5.74) is 10.9. The van der Waals surface area contributed by atoms with Gasteiger partial charge in [0.15, 0.2) is 0 Å². The van der Waals surface area contributed by atoms with E-state index < -0.39 is 0 Å². The first kappa shape index (κ1) is 31.7.